The Morgan fingerprint density at radius 1 is 1.42 bits per heavy atom. The first-order valence-electron chi connectivity index (χ1n) is 6.26. The second-order valence-corrected chi connectivity index (χ2v) is 5.00. The maximum Gasteiger partial charge on any atom is 0.325 e. The second-order valence-electron chi connectivity index (χ2n) is 5.00. The molecule has 0 radical (unpaired) electrons. The maximum atomic E-state index is 11.7. The van der Waals surface area contributed by atoms with Crippen molar-refractivity contribution in [3.05, 3.63) is 11.9 Å². The number of rotatable bonds is 7. The van der Waals surface area contributed by atoms with Crippen molar-refractivity contribution in [1.29, 1.82) is 0 Å². The Bertz CT molecular complexity index is 442. The van der Waals surface area contributed by atoms with Crippen molar-refractivity contribution >= 4 is 11.9 Å². The fraction of sp³-hybridized carbons (Fsp3) is 0.667. The normalized spacial score (nSPS) is 12.4. The van der Waals surface area contributed by atoms with E-state index in [1.165, 1.54) is 10.9 Å². The second kappa shape index (κ2) is 6.86. The molecule has 0 aromatic carbocycles. The molecule has 2 N–H and O–H groups in total. The van der Waals surface area contributed by atoms with Gasteiger partial charge in [-0.1, -0.05) is 26.0 Å². The van der Waals surface area contributed by atoms with Crippen molar-refractivity contribution in [3.8, 4) is 0 Å². The highest BCUT2D eigenvalue weighted by atomic mass is 16.4. The number of carbonyl (C=O) groups excluding carboxylic acids is 1. The average molecular weight is 268 g/mol. The monoisotopic (exact) mass is 268 g/mol. The van der Waals surface area contributed by atoms with Crippen molar-refractivity contribution in [2.24, 2.45) is 11.8 Å². The third-order valence-corrected chi connectivity index (χ3v) is 3.00. The standard InChI is InChI=1S/C12H20N4O3/c1-8(2)9(3)4-11(17)13-5-10-6-16(15-14-10)7-12(18)19/h6,8-9H,4-5,7H2,1-3H3,(H,13,17)(H,18,19). The summed E-state index contributed by atoms with van der Waals surface area (Å²) in [6.07, 6.45) is 1.99. The van der Waals surface area contributed by atoms with Crippen molar-refractivity contribution < 1.29 is 14.7 Å². The molecule has 0 saturated heterocycles. The van der Waals surface area contributed by atoms with Crippen LogP contribution in [0.2, 0.25) is 0 Å². The number of carboxylic acid groups (broad SMARTS) is 1. The molecule has 0 aliphatic rings. The molecule has 7 nitrogen and oxygen atoms in total. The van der Waals surface area contributed by atoms with E-state index in [0.717, 1.165) is 0 Å². The highest BCUT2D eigenvalue weighted by Gasteiger charge is 2.12. The van der Waals surface area contributed by atoms with Gasteiger partial charge in [0.05, 0.1) is 12.7 Å². The predicted molar refractivity (Wildman–Crippen MR) is 68.1 cm³/mol. The quantitative estimate of drug-likeness (QED) is 0.757. The van der Waals surface area contributed by atoms with Gasteiger partial charge in [0.25, 0.3) is 0 Å². The minimum absolute atomic E-state index is 0.0333. The molecule has 1 heterocycles. The molecule has 0 spiro atoms. The van der Waals surface area contributed by atoms with E-state index in [4.69, 9.17) is 5.11 Å². The van der Waals surface area contributed by atoms with Crippen LogP contribution in [0.4, 0.5) is 0 Å². The van der Waals surface area contributed by atoms with Gasteiger partial charge in [0.2, 0.25) is 5.91 Å². The lowest BCUT2D eigenvalue weighted by molar-refractivity contribution is -0.138. The number of carbonyl (C=O) groups is 2. The molecule has 1 aromatic heterocycles. The average Bonchev–Trinajstić information content (AvgIpc) is 2.73. The summed E-state index contributed by atoms with van der Waals surface area (Å²) in [5, 5.41) is 18.8. The molecule has 1 amide bonds. The Hall–Kier alpha value is -1.92. The van der Waals surface area contributed by atoms with Crippen LogP contribution in [0.3, 0.4) is 0 Å². The fourth-order valence-electron chi connectivity index (χ4n) is 1.42. The molecule has 0 bridgehead atoms. The maximum absolute atomic E-state index is 11.7. The van der Waals surface area contributed by atoms with Crippen LogP contribution >= 0.6 is 0 Å². The van der Waals surface area contributed by atoms with Crippen LogP contribution in [-0.2, 0) is 22.7 Å². The molecule has 1 atom stereocenters. The number of amides is 1. The zero-order valence-corrected chi connectivity index (χ0v) is 11.5. The molecule has 0 aliphatic heterocycles. The van der Waals surface area contributed by atoms with E-state index in [1.807, 2.05) is 6.92 Å². The van der Waals surface area contributed by atoms with Crippen molar-refractivity contribution in [3.63, 3.8) is 0 Å². The minimum Gasteiger partial charge on any atom is -0.480 e. The summed E-state index contributed by atoms with van der Waals surface area (Å²) in [6.45, 7) is 6.23. The van der Waals surface area contributed by atoms with Gasteiger partial charge in [0.1, 0.15) is 12.2 Å². The van der Waals surface area contributed by atoms with Crippen LogP contribution in [0.15, 0.2) is 6.20 Å². The van der Waals surface area contributed by atoms with E-state index >= 15 is 0 Å². The van der Waals surface area contributed by atoms with Gasteiger partial charge in [-0.25, -0.2) is 4.68 Å². The Kier molecular flexibility index (Phi) is 5.47. The van der Waals surface area contributed by atoms with Crippen molar-refractivity contribution in [2.75, 3.05) is 0 Å². The molecule has 0 saturated carbocycles. The number of aliphatic carboxylic acids is 1. The van der Waals surface area contributed by atoms with Gasteiger partial charge in [-0.3, -0.25) is 9.59 Å². The van der Waals surface area contributed by atoms with E-state index in [1.54, 1.807) is 0 Å². The largest absolute Gasteiger partial charge is 0.480 e. The summed E-state index contributed by atoms with van der Waals surface area (Å²) in [6, 6.07) is 0. The molecule has 0 aliphatic carbocycles. The van der Waals surface area contributed by atoms with Gasteiger partial charge in [0.15, 0.2) is 0 Å². The Morgan fingerprint density at radius 3 is 2.68 bits per heavy atom. The first-order chi connectivity index (χ1) is 8.88. The predicted octanol–water partition coefficient (Wildman–Crippen LogP) is 0.661. The highest BCUT2D eigenvalue weighted by molar-refractivity contribution is 5.76. The third kappa shape index (κ3) is 5.50. The number of nitrogens with one attached hydrogen (secondary N) is 1. The Labute approximate surface area is 112 Å². The van der Waals surface area contributed by atoms with Crippen molar-refractivity contribution in [1.82, 2.24) is 20.3 Å². The summed E-state index contributed by atoms with van der Waals surface area (Å²) in [4.78, 5) is 22.1. The molecule has 0 fully saturated rings. The lowest BCUT2D eigenvalue weighted by Crippen LogP contribution is -2.25. The summed E-state index contributed by atoms with van der Waals surface area (Å²) in [5.74, 6) is -0.231. The van der Waals surface area contributed by atoms with Crippen LogP contribution in [0, 0.1) is 11.8 Å². The molecule has 7 heteroatoms. The molecule has 19 heavy (non-hydrogen) atoms. The molecule has 106 valence electrons. The number of hydrogen-bond acceptors (Lipinski definition) is 4. The first kappa shape index (κ1) is 15.1. The molecular weight excluding hydrogens is 248 g/mol. The lowest BCUT2D eigenvalue weighted by Gasteiger charge is -2.14. The SMILES string of the molecule is CC(C)C(C)CC(=O)NCc1cn(CC(=O)O)nn1. The molecular formula is C12H20N4O3. The van der Waals surface area contributed by atoms with Crippen LogP contribution in [0.25, 0.3) is 0 Å². The van der Waals surface area contributed by atoms with E-state index < -0.39 is 5.97 Å². The van der Waals surface area contributed by atoms with E-state index in [0.29, 0.717) is 24.0 Å². The fourth-order valence-corrected chi connectivity index (χ4v) is 1.42. The van der Waals surface area contributed by atoms with Gasteiger partial charge in [-0.05, 0) is 11.8 Å². The Balaban J connectivity index is 2.38. The minimum atomic E-state index is -0.980. The number of carboxylic acids is 1. The van der Waals surface area contributed by atoms with Crippen LogP contribution in [0.1, 0.15) is 32.9 Å². The number of aromatic nitrogens is 3. The summed E-state index contributed by atoms with van der Waals surface area (Å²) in [5.41, 5.74) is 0.548. The van der Waals surface area contributed by atoms with Gasteiger partial charge in [-0.2, -0.15) is 0 Å². The summed E-state index contributed by atoms with van der Waals surface area (Å²) < 4.78 is 1.22. The van der Waals surface area contributed by atoms with Gasteiger partial charge >= 0.3 is 5.97 Å². The topological polar surface area (TPSA) is 97.1 Å². The molecule has 1 aromatic rings. The Morgan fingerprint density at radius 2 is 2.11 bits per heavy atom. The summed E-state index contributed by atoms with van der Waals surface area (Å²) >= 11 is 0. The zero-order chi connectivity index (χ0) is 14.4. The van der Waals surface area contributed by atoms with E-state index in [9.17, 15) is 9.59 Å². The number of hydrogen-bond donors (Lipinski definition) is 2. The van der Waals surface area contributed by atoms with E-state index in [2.05, 4.69) is 29.5 Å². The van der Waals surface area contributed by atoms with E-state index in [-0.39, 0.29) is 19.0 Å². The van der Waals surface area contributed by atoms with Crippen LogP contribution in [-0.4, -0.2) is 32.0 Å². The summed E-state index contributed by atoms with van der Waals surface area (Å²) in [7, 11) is 0. The molecule has 1 rings (SSSR count). The van der Waals surface area contributed by atoms with Gasteiger partial charge in [-0.15, -0.1) is 5.10 Å². The van der Waals surface area contributed by atoms with Gasteiger partial charge < -0.3 is 10.4 Å². The van der Waals surface area contributed by atoms with Crippen LogP contribution in [0.5, 0.6) is 0 Å². The van der Waals surface area contributed by atoms with Gasteiger partial charge in [0, 0.05) is 6.42 Å². The highest BCUT2D eigenvalue weighted by Crippen LogP contribution is 2.13. The first-order valence-corrected chi connectivity index (χ1v) is 6.26. The smallest absolute Gasteiger partial charge is 0.325 e. The van der Waals surface area contributed by atoms with Crippen LogP contribution < -0.4 is 5.32 Å². The third-order valence-electron chi connectivity index (χ3n) is 3.00. The van der Waals surface area contributed by atoms with Crippen molar-refractivity contribution in [2.45, 2.75) is 40.3 Å². The number of nitrogens with zero attached hydrogens (tertiary/aromatic N) is 3. The molecule has 1 unspecified atom stereocenters. The zero-order valence-electron chi connectivity index (χ0n) is 11.5. The lowest BCUT2D eigenvalue weighted by atomic mass is 9.94.